The number of hydrazone groups is 1. The van der Waals surface area contributed by atoms with Crippen molar-refractivity contribution < 1.29 is 13.2 Å². The maximum atomic E-state index is 12.9. The van der Waals surface area contributed by atoms with Crippen LogP contribution >= 0.6 is 34.5 Å². The van der Waals surface area contributed by atoms with Crippen molar-refractivity contribution in [3.05, 3.63) is 69.0 Å². The first-order chi connectivity index (χ1) is 12.3. The predicted octanol–water partition coefficient (Wildman–Crippen LogP) is 6.58. The molecule has 0 bridgehead atoms. The minimum Gasteiger partial charge on any atom is -0.253 e. The molecule has 0 aliphatic heterocycles. The van der Waals surface area contributed by atoms with Crippen LogP contribution in [0.1, 0.15) is 11.1 Å². The molecule has 26 heavy (non-hydrogen) atoms. The number of alkyl halides is 3. The summed E-state index contributed by atoms with van der Waals surface area (Å²) >= 11 is 13.3. The molecule has 2 aromatic carbocycles. The van der Waals surface area contributed by atoms with E-state index in [-0.39, 0.29) is 5.56 Å². The van der Waals surface area contributed by atoms with E-state index in [2.05, 4.69) is 15.5 Å². The molecule has 134 valence electrons. The quantitative estimate of drug-likeness (QED) is 0.385. The molecule has 0 saturated carbocycles. The molecule has 0 aliphatic carbocycles. The van der Waals surface area contributed by atoms with Gasteiger partial charge in [0.05, 0.1) is 22.5 Å². The zero-order valence-corrected chi connectivity index (χ0v) is 15.2. The van der Waals surface area contributed by atoms with Crippen molar-refractivity contribution in [1.29, 1.82) is 0 Å². The molecule has 9 heteroatoms. The highest BCUT2D eigenvalue weighted by Gasteiger charge is 2.32. The molecule has 1 aromatic heterocycles. The van der Waals surface area contributed by atoms with Gasteiger partial charge in [-0.25, -0.2) is 4.98 Å². The van der Waals surface area contributed by atoms with Crippen LogP contribution in [-0.4, -0.2) is 11.2 Å². The Morgan fingerprint density at radius 2 is 1.88 bits per heavy atom. The van der Waals surface area contributed by atoms with Gasteiger partial charge in [-0.15, -0.1) is 11.3 Å². The van der Waals surface area contributed by atoms with Gasteiger partial charge in [-0.3, -0.25) is 5.43 Å². The lowest BCUT2D eigenvalue weighted by atomic mass is 10.1. The number of benzene rings is 2. The van der Waals surface area contributed by atoms with Gasteiger partial charge in [0.15, 0.2) is 0 Å². The summed E-state index contributed by atoms with van der Waals surface area (Å²) in [5.41, 5.74) is 3.16. The molecular formula is C17H10Cl2F3N3S. The van der Waals surface area contributed by atoms with Crippen LogP contribution in [0.2, 0.25) is 10.0 Å². The average molecular weight is 416 g/mol. The first-order valence-corrected chi connectivity index (χ1v) is 8.84. The second-order valence-electron chi connectivity index (χ2n) is 5.12. The highest BCUT2D eigenvalue weighted by atomic mass is 35.5. The molecule has 0 fully saturated rings. The van der Waals surface area contributed by atoms with E-state index in [0.717, 1.165) is 12.3 Å². The number of rotatable bonds is 4. The lowest BCUT2D eigenvalue weighted by Crippen LogP contribution is -2.08. The largest absolute Gasteiger partial charge is 0.417 e. The van der Waals surface area contributed by atoms with E-state index in [1.54, 1.807) is 23.6 Å². The fourth-order valence-electron chi connectivity index (χ4n) is 2.17. The van der Waals surface area contributed by atoms with Gasteiger partial charge in [0.2, 0.25) is 5.13 Å². The van der Waals surface area contributed by atoms with Gasteiger partial charge in [0.25, 0.3) is 0 Å². The van der Waals surface area contributed by atoms with Crippen molar-refractivity contribution in [3.63, 3.8) is 0 Å². The molecule has 0 unspecified atom stereocenters. The van der Waals surface area contributed by atoms with Crippen LogP contribution in [0.3, 0.4) is 0 Å². The molecule has 1 heterocycles. The molecule has 0 spiro atoms. The van der Waals surface area contributed by atoms with Crippen LogP contribution in [0, 0.1) is 0 Å². The maximum Gasteiger partial charge on any atom is 0.417 e. The SMILES string of the molecule is FC(F)(F)c1ccccc1/C=N\Nc1nc(-c2ccc(Cl)cc2Cl)cs1. The first kappa shape index (κ1) is 18.7. The van der Waals surface area contributed by atoms with Crippen LogP contribution in [0.5, 0.6) is 0 Å². The number of halogens is 5. The normalized spacial score (nSPS) is 11.9. The molecule has 0 amide bonds. The lowest BCUT2D eigenvalue weighted by molar-refractivity contribution is -0.137. The summed E-state index contributed by atoms with van der Waals surface area (Å²) < 4.78 is 38.8. The Labute approximate surface area is 161 Å². The number of anilines is 1. The van der Waals surface area contributed by atoms with E-state index in [1.165, 1.54) is 29.5 Å². The number of nitrogens with zero attached hydrogens (tertiary/aromatic N) is 2. The van der Waals surface area contributed by atoms with E-state index in [0.29, 0.717) is 26.4 Å². The molecule has 0 radical (unpaired) electrons. The highest BCUT2D eigenvalue weighted by molar-refractivity contribution is 7.14. The minimum atomic E-state index is -4.44. The van der Waals surface area contributed by atoms with Gasteiger partial charge in [0, 0.05) is 21.5 Å². The van der Waals surface area contributed by atoms with Crippen molar-refractivity contribution in [2.24, 2.45) is 5.10 Å². The summed E-state index contributed by atoms with van der Waals surface area (Å²) in [4.78, 5) is 4.32. The van der Waals surface area contributed by atoms with Crippen molar-refractivity contribution in [2.45, 2.75) is 6.18 Å². The summed E-state index contributed by atoms with van der Waals surface area (Å²) in [7, 11) is 0. The summed E-state index contributed by atoms with van der Waals surface area (Å²) in [6, 6.07) is 10.2. The minimum absolute atomic E-state index is 0.0370. The fourth-order valence-corrected chi connectivity index (χ4v) is 3.34. The second kappa shape index (κ2) is 7.65. The number of hydrogen-bond acceptors (Lipinski definition) is 4. The van der Waals surface area contributed by atoms with E-state index in [4.69, 9.17) is 23.2 Å². The number of nitrogens with one attached hydrogen (secondary N) is 1. The van der Waals surface area contributed by atoms with Crippen LogP contribution in [-0.2, 0) is 6.18 Å². The summed E-state index contributed by atoms with van der Waals surface area (Å²) in [5.74, 6) is 0. The van der Waals surface area contributed by atoms with E-state index >= 15 is 0 Å². The van der Waals surface area contributed by atoms with Crippen LogP contribution in [0.4, 0.5) is 18.3 Å². The van der Waals surface area contributed by atoms with E-state index in [1.807, 2.05) is 0 Å². The molecule has 0 atom stereocenters. The number of aromatic nitrogens is 1. The molecule has 3 rings (SSSR count). The fraction of sp³-hybridized carbons (Fsp3) is 0.0588. The Bertz CT molecular complexity index is 954. The zero-order chi connectivity index (χ0) is 18.7. The zero-order valence-electron chi connectivity index (χ0n) is 12.9. The standard InChI is InChI=1S/C17H10Cl2F3N3S/c18-11-5-6-12(14(19)7-11)15-9-26-16(24-15)25-23-8-10-3-1-2-4-13(10)17(20,21)22/h1-9H,(H,24,25)/b23-8-. The molecule has 3 nitrogen and oxygen atoms in total. The third-order valence-corrected chi connectivity index (χ3v) is 4.64. The molecule has 3 aromatic rings. The van der Waals surface area contributed by atoms with Gasteiger partial charge >= 0.3 is 6.18 Å². The highest BCUT2D eigenvalue weighted by Crippen LogP contribution is 2.33. The van der Waals surface area contributed by atoms with E-state index in [9.17, 15) is 13.2 Å². The van der Waals surface area contributed by atoms with Crippen LogP contribution in [0.15, 0.2) is 52.9 Å². The van der Waals surface area contributed by atoms with Crippen molar-refractivity contribution in [3.8, 4) is 11.3 Å². The lowest BCUT2D eigenvalue weighted by Gasteiger charge is -2.08. The number of thiazole rings is 1. The smallest absolute Gasteiger partial charge is 0.253 e. The first-order valence-electron chi connectivity index (χ1n) is 7.21. The third-order valence-electron chi connectivity index (χ3n) is 3.34. The Kier molecular flexibility index (Phi) is 5.50. The van der Waals surface area contributed by atoms with Gasteiger partial charge < -0.3 is 0 Å². The molecule has 1 N–H and O–H groups in total. The Morgan fingerprint density at radius 3 is 2.62 bits per heavy atom. The van der Waals surface area contributed by atoms with Gasteiger partial charge in [-0.1, -0.05) is 41.4 Å². The average Bonchev–Trinajstić information content (AvgIpc) is 3.03. The predicted molar refractivity (Wildman–Crippen MR) is 100 cm³/mol. The molecule has 0 saturated heterocycles. The number of hydrogen-bond donors (Lipinski definition) is 1. The van der Waals surface area contributed by atoms with Crippen LogP contribution in [0.25, 0.3) is 11.3 Å². The van der Waals surface area contributed by atoms with Gasteiger partial charge in [-0.05, 0) is 24.3 Å². The van der Waals surface area contributed by atoms with Crippen LogP contribution < -0.4 is 5.43 Å². The Hall–Kier alpha value is -2.09. The summed E-state index contributed by atoms with van der Waals surface area (Å²) in [5, 5.41) is 7.00. The molecular weight excluding hydrogens is 406 g/mol. The van der Waals surface area contributed by atoms with Crippen molar-refractivity contribution in [2.75, 3.05) is 5.43 Å². The maximum absolute atomic E-state index is 12.9. The molecule has 0 aliphatic rings. The second-order valence-corrected chi connectivity index (χ2v) is 6.82. The third kappa shape index (κ3) is 4.35. The van der Waals surface area contributed by atoms with Gasteiger partial charge in [0.1, 0.15) is 0 Å². The summed E-state index contributed by atoms with van der Waals surface area (Å²) in [6.07, 6.45) is -3.33. The Morgan fingerprint density at radius 1 is 1.12 bits per heavy atom. The topological polar surface area (TPSA) is 37.3 Å². The van der Waals surface area contributed by atoms with Crippen molar-refractivity contribution in [1.82, 2.24) is 4.98 Å². The monoisotopic (exact) mass is 415 g/mol. The van der Waals surface area contributed by atoms with Crippen molar-refractivity contribution >= 4 is 45.9 Å². The summed E-state index contributed by atoms with van der Waals surface area (Å²) in [6.45, 7) is 0. The van der Waals surface area contributed by atoms with Gasteiger partial charge in [-0.2, -0.15) is 18.3 Å². The Balaban J connectivity index is 1.76. The van der Waals surface area contributed by atoms with E-state index < -0.39 is 11.7 Å².